The quantitative estimate of drug-likeness (QED) is 0.419. The van der Waals surface area contributed by atoms with E-state index < -0.39 is 81.7 Å². The molecule has 0 bridgehead atoms. The minimum atomic E-state index is -5.00. The number of aromatic nitrogens is 2. The molecule has 18 heteroatoms. The topological polar surface area (TPSA) is 140 Å². The summed E-state index contributed by atoms with van der Waals surface area (Å²) in [5, 5.41) is 12.3. The third kappa shape index (κ3) is 6.50. The lowest BCUT2D eigenvalue weighted by Gasteiger charge is -2.35. The number of para-hydroxylation sites is 2. The number of anilines is 1. The molecule has 0 unspecified atom stereocenters. The first-order valence-electron chi connectivity index (χ1n) is 9.67. The van der Waals surface area contributed by atoms with Gasteiger partial charge in [0.25, 0.3) is 15.9 Å². The van der Waals surface area contributed by atoms with E-state index in [9.17, 15) is 38.8 Å². The van der Waals surface area contributed by atoms with Gasteiger partial charge in [0.05, 0.1) is 25.0 Å². The molecule has 0 saturated heterocycles. The smallest absolute Gasteiger partial charge is 0.404 e. The standard InChI is InChI=1S/C17H19F5N4O7S2/c18-16(19)25-9-14(15(24-25)32-6-5-27)35(30,31)26-8-11(33-13-4-2-1-3-12(13)26)7-23-34(28,29)10-17(20,21)22/h1-4,9,11,16,23,27H,5-8,10H2/t11-/m0/s1. The molecule has 0 amide bonds. The number of hydrogen-bond donors (Lipinski definition) is 2. The lowest BCUT2D eigenvalue weighted by molar-refractivity contribution is -0.106. The molecule has 3 rings (SSSR count). The molecule has 0 spiro atoms. The maximum absolute atomic E-state index is 13.4. The van der Waals surface area contributed by atoms with Crippen molar-refractivity contribution in [2.75, 3.05) is 36.4 Å². The van der Waals surface area contributed by atoms with Gasteiger partial charge in [-0.05, 0) is 12.1 Å². The average molecular weight is 550 g/mol. The van der Waals surface area contributed by atoms with E-state index in [4.69, 9.17) is 14.6 Å². The third-order valence-electron chi connectivity index (χ3n) is 4.45. The number of alkyl halides is 5. The number of hydrogen-bond acceptors (Lipinski definition) is 8. The van der Waals surface area contributed by atoms with E-state index in [1.807, 2.05) is 0 Å². The van der Waals surface area contributed by atoms with Crippen molar-refractivity contribution in [2.45, 2.75) is 23.7 Å². The highest BCUT2D eigenvalue weighted by molar-refractivity contribution is 7.93. The van der Waals surface area contributed by atoms with Crippen LogP contribution in [0.2, 0.25) is 0 Å². The van der Waals surface area contributed by atoms with Gasteiger partial charge >= 0.3 is 12.7 Å². The highest BCUT2D eigenvalue weighted by Gasteiger charge is 2.39. The van der Waals surface area contributed by atoms with Gasteiger partial charge in [-0.1, -0.05) is 12.1 Å². The number of benzene rings is 1. The second kappa shape index (κ2) is 10.1. The molecule has 0 aliphatic carbocycles. The molecule has 1 aliphatic heterocycles. The minimum Gasteiger partial charge on any atom is -0.485 e. The lowest BCUT2D eigenvalue weighted by atomic mass is 10.2. The van der Waals surface area contributed by atoms with Crippen molar-refractivity contribution in [1.82, 2.24) is 14.5 Å². The first-order valence-corrected chi connectivity index (χ1v) is 12.8. The number of nitrogens with zero attached hydrogens (tertiary/aromatic N) is 3. The molecule has 196 valence electrons. The van der Waals surface area contributed by atoms with E-state index in [0.717, 1.165) is 0 Å². The number of halogens is 5. The Labute approximate surface area is 196 Å². The Morgan fingerprint density at radius 2 is 1.91 bits per heavy atom. The van der Waals surface area contributed by atoms with Crippen molar-refractivity contribution in [2.24, 2.45) is 0 Å². The number of ether oxygens (including phenoxy) is 2. The summed E-state index contributed by atoms with van der Waals surface area (Å²) in [7, 11) is -9.50. The molecule has 2 aromatic rings. The lowest BCUT2D eigenvalue weighted by Crippen LogP contribution is -2.49. The van der Waals surface area contributed by atoms with E-state index in [-0.39, 0.29) is 16.1 Å². The summed E-state index contributed by atoms with van der Waals surface area (Å²) in [6, 6.07) is 5.57. The van der Waals surface area contributed by atoms with Crippen LogP contribution >= 0.6 is 0 Å². The van der Waals surface area contributed by atoms with Gasteiger partial charge in [-0.25, -0.2) is 26.2 Å². The fraction of sp³-hybridized carbons (Fsp3) is 0.471. The summed E-state index contributed by atoms with van der Waals surface area (Å²) >= 11 is 0. The van der Waals surface area contributed by atoms with Crippen molar-refractivity contribution < 1.29 is 53.4 Å². The van der Waals surface area contributed by atoms with Gasteiger partial charge in [0.2, 0.25) is 10.0 Å². The van der Waals surface area contributed by atoms with Crippen LogP contribution in [0.5, 0.6) is 11.6 Å². The fourth-order valence-corrected chi connectivity index (χ4v) is 5.62. The summed E-state index contributed by atoms with van der Waals surface area (Å²) in [6.07, 6.45) is -5.77. The summed E-state index contributed by atoms with van der Waals surface area (Å²) in [5.41, 5.74) is -0.0418. The van der Waals surface area contributed by atoms with Crippen LogP contribution in [0.15, 0.2) is 35.4 Å². The first kappa shape index (κ1) is 26.9. The van der Waals surface area contributed by atoms with Gasteiger partial charge in [-0.3, -0.25) is 4.31 Å². The Kier molecular flexibility index (Phi) is 7.77. The van der Waals surface area contributed by atoms with Crippen molar-refractivity contribution >= 4 is 25.7 Å². The van der Waals surface area contributed by atoms with Crippen LogP contribution < -0.4 is 18.5 Å². The summed E-state index contributed by atoms with van der Waals surface area (Å²) in [5.74, 6) is -2.92. The van der Waals surface area contributed by atoms with Gasteiger partial charge in [-0.2, -0.15) is 22.0 Å². The van der Waals surface area contributed by atoms with E-state index in [1.54, 1.807) is 4.72 Å². The maximum Gasteiger partial charge on any atom is 0.404 e. The van der Waals surface area contributed by atoms with Crippen LogP contribution in [0.4, 0.5) is 27.6 Å². The molecule has 35 heavy (non-hydrogen) atoms. The van der Waals surface area contributed by atoms with Gasteiger partial charge in [0, 0.05) is 6.54 Å². The van der Waals surface area contributed by atoms with Crippen LogP contribution in [0.3, 0.4) is 0 Å². The number of aliphatic hydroxyl groups excluding tert-OH is 1. The normalized spacial score (nSPS) is 16.8. The predicted molar refractivity (Wildman–Crippen MR) is 109 cm³/mol. The van der Waals surface area contributed by atoms with Crippen LogP contribution in [-0.4, -0.2) is 76.1 Å². The minimum absolute atomic E-state index is 0.0364. The molecular formula is C17H19F5N4O7S2. The fourth-order valence-electron chi connectivity index (χ4n) is 3.08. The molecule has 1 aromatic heterocycles. The molecule has 11 nitrogen and oxygen atoms in total. The number of fused-ring (bicyclic) bond motifs is 1. The maximum atomic E-state index is 13.4. The molecule has 1 aromatic carbocycles. The zero-order chi connectivity index (χ0) is 26.0. The van der Waals surface area contributed by atoms with Gasteiger partial charge in [0.15, 0.2) is 10.6 Å². The highest BCUT2D eigenvalue weighted by Crippen LogP contribution is 2.38. The average Bonchev–Trinajstić information content (AvgIpc) is 3.19. The molecule has 0 fully saturated rings. The van der Waals surface area contributed by atoms with E-state index in [2.05, 4.69) is 5.10 Å². The summed E-state index contributed by atoms with van der Waals surface area (Å²) in [4.78, 5) is -0.778. The summed E-state index contributed by atoms with van der Waals surface area (Å²) < 4.78 is 127. The van der Waals surface area contributed by atoms with Gasteiger partial charge < -0.3 is 14.6 Å². The van der Waals surface area contributed by atoms with Crippen molar-refractivity contribution in [3.8, 4) is 11.6 Å². The number of rotatable bonds is 10. The second-order valence-corrected chi connectivity index (χ2v) is 10.7. The van der Waals surface area contributed by atoms with Crippen LogP contribution in [0, 0.1) is 0 Å². The monoisotopic (exact) mass is 550 g/mol. The Morgan fingerprint density at radius 3 is 2.54 bits per heavy atom. The number of nitrogens with one attached hydrogen (secondary N) is 1. The Bertz CT molecular complexity index is 1250. The molecule has 0 saturated carbocycles. The molecule has 2 heterocycles. The Morgan fingerprint density at radius 1 is 1.23 bits per heavy atom. The van der Waals surface area contributed by atoms with Crippen LogP contribution in [0.1, 0.15) is 6.55 Å². The van der Waals surface area contributed by atoms with E-state index in [0.29, 0.717) is 10.5 Å². The van der Waals surface area contributed by atoms with E-state index >= 15 is 0 Å². The summed E-state index contributed by atoms with van der Waals surface area (Å²) in [6.45, 7) is -5.55. The zero-order valence-electron chi connectivity index (χ0n) is 17.5. The number of sulfonamides is 2. The Hall–Kier alpha value is -2.70. The first-order chi connectivity index (χ1) is 16.2. The molecule has 2 N–H and O–H groups in total. The zero-order valence-corrected chi connectivity index (χ0v) is 19.2. The SMILES string of the molecule is O=S(=O)(CC(F)(F)F)NC[C@H]1CN(S(=O)(=O)c2cn(C(F)F)nc2OCCO)c2ccccc2O1. The molecular weight excluding hydrogens is 531 g/mol. The largest absolute Gasteiger partial charge is 0.485 e. The highest BCUT2D eigenvalue weighted by atomic mass is 32.2. The van der Waals surface area contributed by atoms with Crippen molar-refractivity contribution in [3.05, 3.63) is 30.5 Å². The molecule has 0 radical (unpaired) electrons. The van der Waals surface area contributed by atoms with Gasteiger partial charge in [0.1, 0.15) is 18.5 Å². The van der Waals surface area contributed by atoms with Gasteiger partial charge in [-0.15, -0.1) is 5.10 Å². The Balaban J connectivity index is 1.94. The second-order valence-electron chi connectivity index (χ2n) is 7.09. The van der Waals surface area contributed by atoms with Crippen molar-refractivity contribution in [3.63, 3.8) is 0 Å². The molecule has 1 atom stereocenters. The van der Waals surface area contributed by atoms with Crippen LogP contribution in [-0.2, 0) is 20.0 Å². The van der Waals surface area contributed by atoms with E-state index in [1.165, 1.54) is 24.3 Å². The molecule has 1 aliphatic rings. The van der Waals surface area contributed by atoms with Crippen LogP contribution in [0.25, 0.3) is 0 Å². The van der Waals surface area contributed by atoms with Crippen molar-refractivity contribution in [1.29, 1.82) is 0 Å². The third-order valence-corrected chi connectivity index (χ3v) is 7.52. The predicted octanol–water partition coefficient (Wildman–Crippen LogP) is 1.09. The number of aliphatic hydroxyl groups is 1.